The predicted octanol–water partition coefficient (Wildman–Crippen LogP) is 6.08. The molecule has 3 aromatic rings. The van der Waals surface area contributed by atoms with Gasteiger partial charge in [-0.2, -0.15) is 13.2 Å². The van der Waals surface area contributed by atoms with Gasteiger partial charge in [0.15, 0.2) is 0 Å². The van der Waals surface area contributed by atoms with Crippen molar-refractivity contribution in [3.05, 3.63) is 70.9 Å². The third-order valence-corrected chi connectivity index (χ3v) is 6.30. The van der Waals surface area contributed by atoms with Gasteiger partial charge in [0.25, 0.3) is 5.91 Å². The van der Waals surface area contributed by atoms with Crippen LogP contribution in [0.15, 0.2) is 54.6 Å². The largest absolute Gasteiger partial charge is 0.433 e. The first-order valence-electron chi connectivity index (χ1n) is 10.5. The Morgan fingerprint density at radius 2 is 1.72 bits per heavy atom. The summed E-state index contributed by atoms with van der Waals surface area (Å²) in [6.07, 6.45) is -1.48. The van der Waals surface area contributed by atoms with Gasteiger partial charge in [-0.3, -0.25) is 4.79 Å². The van der Waals surface area contributed by atoms with Gasteiger partial charge in [-0.25, -0.2) is 4.98 Å². The van der Waals surface area contributed by atoms with Crippen LogP contribution in [0, 0.1) is 0 Å². The maximum absolute atomic E-state index is 13.4. The van der Waals surface area contributed by atoms with Gasteiger partial charge in [0.1, 0.15) is 5.69 Å². The van der Waals surface area contributed by atoms with Gasteiger partial charge in [0.05, 0.1) is 5.52 Å². The van der Waals surface area contributed by atoms with Crippen molar-refractivity contribution in [2.75, 3.05) is 11.9 Å². The standard InChI is InChI=1S/C24H23ClF3N3O/c1-31(21-14-22(24(26,27)28)30-20-5-3-2-4-19(20)21)18-12-10-17(11-13-18)29-23(32)15-6-8-16(25)9-7-15/h2-9,14,17-18H,10-13H2,1H3,(H,29,32)/t17-,18+. The topological polar surface area (TPSA) is 45.2 Å². The summed E-state index contributed by atoms with van der Waals surface area (Å²) in [4.78, 5) is 18.2. The van der Waals surface area contributed by atoms with Crippen LogP contribution in [0.25, 0.3) is 10.9 Å². The lowest BCUT2D eigenvalue weighted by Crippen LogP contribution is -2.43. The number of benzene rings is 2. The zero-order chi connectivity index (χ0) is 22.9. The first kappa shape index (κ1) is 22.4. The highest BCUT2D eigenvalue weighted by molar-refractivity contribution is 6.30. The van der Waals surface area contributed by atoms with E-state index in [1.54, 1.807) is 48.5 Å². The summed E-state index contributed by atoms with van der Waals surface area (Å²) in [6, 6.07) is 14.9. The number of alkyl halides is 3. The fraction of sp³-hybridized carbons (Fsp3) is 0.333. The van der Waals surface area contributed by atoms with Crippen molar-refractivity contribution in [1.29, 1.82) is 0 Å². The predicted molar refractivity (Wildman–Crippen MR) is 120 cm³/mol. The van der Waals surface area contributed by atoms with Gasteiger partial charge in [0, 0.05) is 40.8 Å². The number of aromatic nitrogens is 1. The van der Waals surface area contributed by atoms with Crippen LogP contribution in [0.5, 0.6) is 0 Å². The van der Waals surface area contributed by atoms with E-state index in [9.17, 15) is 18.0 Å². The molecular formula is C24H23ClF3N3O. The maximum Gasteiger partial charge on any atom is 0.433 e. The lowest BCUT2D eigenvalue weighted by molar-refractivity contribution is -0.140. The molecule has 0 aliphatic heterocycles. The molecule has 8 heteroatoms. The Balaban J connectivity index is 1.46. The molecule has 0 atom stereocenters. The Morgan fingerprint density at radius 3 is 2.38 bits per heavy atom. The molecule has 2 aromatic carbocycles. The Kier molecular flexibility index (Phi) is 6.29. The third kappa shape index (κ3) is 4.83. The molecule has 32 heavy (non-hydrogen) atoms. The number of carbonyl (C=O) groups is 1. The lowest BCUT2D eigenvalue weighted by Gasteiger charge is -2.37. The second-order valence-electron chi connectivity index (χ2n) is 8.14. The molecule has 1 saturated carbocycles. The molecule has 0 radical (unpaired) electrons. The number of nitrogens with one attached hydrogen (secondary N) is 1. The maximum atomic E-state index is 13.4. The van der Waals surface area contributed by atoms with Crippen LogP contribution in [-0.2, 0) is 6.18 Å². The zero-order valence-corrected chi connectivity index (χ0v) is 18.2. The van der Waals surface area contributed by atoms with Crippen molar-refractivity contribution in [3.63, 3.8) is 0 Å². The van der Waals surface area contributed by atoms with Gasteiger partial charge >= 0.3 is 6.18 Å². The van der Waals surface area contributed by atoms with E-state index in [0.717, 1.165) is 31.7 Å². The van der Waals surface area contributed by atoms with E-state index in [-0.39, 0.29) is 18.0 Å². The number of para-hydroxylation sites is 1. The Hall–Kier alpha value is -2.80. The van der Waals surface area contributed by atoms with Crippen molar-refractivity contribution < 1.29 is 18.0 Å². The number of amides is 1. The number of hydrogen-bond donors (Lipinski definition) is 1. The van der Waals surface area contributed by atoms with Crippen molar-refractivity contribution in [1.82, 2.24) is 10.3 Å². The average molecular weight is 462 g/mol. The quantitative estimate of drug-likeness (QED) is 0.511. The number of nitrogens with zero attached hydrogens (tertiary/aromatic N) is 2. The van der Waals surface area contributed by atoms with Crippen molar-refractivity contribution in [2.24, 2.45) is 0 Å². The minimum Gasteiger partial charge on any atom is -0.371 e. The number of halogens is 4. The monoisotopic (exact) mass is 461 g/mol. The fourth-order valence-electron chi connectivity index (χ4n) is 4.27. The van der Waals surface area contributed by atoms with E-state index in [1.165, 1.54) is 0 Å². The summed E-state index contributed by atoms with van der Waals surface area (Å²) in [7, 11) is 1.83. The van der Waals surface area contributed by atoms with Gasteiger partial charge in [-0.05, 0) is 62.1 Å². The van der Waals surface area contributed by atoms with Gasteiger partial charge in [-0.15, -0.1) is 0 Å². The molecule has 1 N–H and O–H groups in total. The smallest absolute Gasteiger partial charge is 0.371 e. The molecule has 0 unspecified atom stereocenters. The number of fused-ring (bicyclic) bond motifs is 1. The summed E-state index contributed by atoms with van der Waals surface area (Å²) >= 11 is 5.87. The van der Waals surface area contributed by atoms with Crippen LogP contribution in [0.1, 0.15) is 41.7 Å². The number of rotatable bonds is 4. The minimum atomic E-state index is -4.51. The van der Waals surface area contributed by atoms with Crippen LogP contribution in [0.3, 0.4) is 0 Å². The van der Waals surface area contributed by atoms with Gasteiger partial charge < -0.3 is 10.2 Å². The molecule has 0 saturated heterocycles. The number of pyridine rings is 1. The van der Waals surface area contributed by atoms with Crippen LogP contribution < -0.4 is 10.2 Å². The van der Waals surface area contributed by atoms with E-state index >= 15 is 0 Å². The van der Waals surface area contributed by atoms with E-state index < -0.39 is 11.9 Å². The minimum absolute atomic E-state index is 0.0303. The van der Waals surface area contributed by atoms with Crippen molar-refractivity contribution in [2.45, 2.75) is 43.9 Å². The number of carbonyl (C=O) groups excluding carboxylic acids is 1. The summed E-state index contributed by atoms with van der Waals surface area (Å²) in [6.45, 7) is 0. The first-order chi connectivity index (χ1) is 15.2. The third-order valence-electron chi connectivity index (χ3n) is 6.05. The molecule has 1 heterocycles. The normalized spacial score (nSPS) is 19.0. The lowest BCUT2D eigenvalue weighted by atomic mass is 9.89. The van der Waals surface area contributed by atoms with E-state index in [1.807, 2.05) is 11.9 Å². The molecule has 1 aliphatic carbocycles. The summed E-state index contributed by atoms with van der Waals surface area (Å²) in [5.41, 5.74) is 0.517. The second kappa shape index (κ2) is 8.98. The van der Waals surface area contributed by atoms with E-state index in [4.69, 9.17) is 11.6 Å². The van der Waals surface area contributed by atoms with Crippen LogP contribution in [0.2, 0.25) is 5.02 Å². The van der Waals surface area contributed by atoms with Gasteiger partial charge in [0.2, 0.25) is 0 Å². The highest BCUT2D eigenvalue weighted by atomic mass is 35.5. The first-order valence-corrected chi connectivity index (χ1v) is 10.9. The highest BCUT2D eigenvalue weighted by Crippen LogP contribution is 2.36. The van der Waals surface area contributed by atoms with Gasteiger partial charge in [-0.1, -0.05) is 29.8 Å². The number of anilines is 1. The number of hydrogen-bond acceptors (Lipinski definition) is 3. The molecule has 168 valence electrons. The summed E-state index contributed by atoms with van der Waals surface area (Å²) in [5.74, 6) is -0.145. The molecule has 4 rings (SSSR count). The van der Waals surface area contributed by atoms with Crippen LogP contribution in [0.4, 0.5) is 18.9 Å². The Morgan fingerprint density at radius 1 is 1.06 bits per heavy atom. The molecule has 1 fully saturated rings. The second-order valence-corrected chi connectivity index (χ2v) is 8.57. The van der Waals surface area contributed by atoms with Crippen molar-refractivity contribution in [3.8, 4) is 0 Å². The zero-order valence-electron chi connectivity index (χ0n) is 17.5. The highest BCUT2D eigenvalue weighted by Gasteiger charge is 2.34. The molecule has 4 nitrogen and oxygen atoms in total. The van der Waals surface area contributed by atoms with Crippen LogP contribution >= 0.6 is 11.6 Å². The summed E-state index contributed by atoms with van der Waals surface area (Å²) < 4.78 is 40.2. The Bertz CT molecular complexity index is 1110. The van der Waals surface area contributed by atoms with Crippen molar-refractivity contribution >= 4 is 34.1 Å². The SMILES string of the molecule is CN(c1cc(C(F)(F)F)nc2ccccc12)[C@H]1CC[C@@H](NC(=O)c2ccc(Cl)cc2)CC1. The van der Waals surface area contributed by atoms with E-state index in [2.05, 4.69) is 10.3 Å². The molecule has 0 bridgehead atoms. The molecule has 1 aromatic heterocycles. The molecule has 1 aliphatic rings. The Labute approximate surface area is 189 Å². The van der Waals surface area contributed by atoms with Crippen LogP contribution in [-0.4, -0.2) is 30.0 Å². The fourth-order valence-corrected chi connectivity index (χ4v) is 4.39. The average Bonchev–Trinajstić information content (AvgIpc) is 2.78. The molecule has 0 spiro atoms. The van der Waals surface area contributed by atoms with E-state index in [0.29, 0.717) is 27.2 Å². The molecular weight excluding hydrogens is 439 g/mol. The molecule has 1 amide bonds. The summed E-state index contributed by atoms with van der Waals surface area (Å²) in [5, 5.41) is 4.32.